The van der Waals surface area contributed by atoms with Crippen LogP contribution in [0, 0.1) is 5.21 Å². The Bertz CT molecular complexity index is 376. The summed E-state index contributed by atoms with van der Waals surface area (Å²) in [7, 11) is 0. The molecule has 0 N–H and O–H groups in total. The fourth-order valence-electron chi connectivity index (χ4n) is 1.77. The van der Waals surface area contributed by atoms with Crippen molar-refractivity contribution in [3.63, 3.8) is 0 Å². The van der Waals surface area contributed by atoms with Crippen LogP contribution >= 0.6 is 0 Å². The highest BCUT2D eigenvalue weighted by Gasteiger charge is 2.23. The second-order valence-corrected chi connectivity index (χ2v) is 3.50. The van der Waals surface area contributed by atoms with Crippen LogP contribution in [-0.4, -0.2) is 17.4 Å². The van der Waals surface area contributed by atoms with Crippen molar-refractivity contribution >= 4 is 5.91 Å². The van der Waals surface area contributed by atoms with Gasteiger partial charge < -0.3 is 10.1 Å². The van der Waals surface area contributed by atoms with Crippen molar-refractivity contribution in [2.45, 2.75) is 19.9 Å². The van der Waals surface area contributed by atoms with Crippen LogP contribution in [0.5, 0.6) is 0 Å². The molecule has 4 nitrogen and oxygen atoms in total. The Kier molecular flexibility index (Phi) is 2.11. The summed E-state index contributed by atoms with van der Waals surface area (Å²) in [4.78, 5) is 12.9. The summed E-state index contributed by atoms with van der Waals surface area (Å²) in [6, 6.07) is 3.62. The average molecular weight is 192 g/mol. The van der Waals surface area contributed by atoms with Crippen LogP contribution in [-0.2, 0) is 17.8 Å². The van der Waals surface area contributed by atoms with Crippen molar-refractivity contribution in [2.24, 2.45) is 0 Å². The number of nitrogens with zero attached hydrogens (tertiary/aromatic N) is 2. The molecular formula is C10H12N2O2. The highest BCUT2D eigenvalue weighted by Crippen LogP contribution is 2.14. The van der Waals surface area contributed by atoms with E-state index in [4.69, 9.17) is 0 Å². The minimum atomic E-state index is 0.0666. The maximum atomic E-state index is 11.4. The summed E-state index contributed by atoms with van der Waals surface area (Å²) in [5, 5.41) is 11.4. The number of carbonyl (C=O) groups excluding carboxylic acids is 1. The summed E-state index contributed by atoms with van der Waals surface area (Å²) < 4.78 is 0.896. The summed E-state index contributed by atoms with van der Waals surface area (Å²) in [6.07, 6.45) is 2.15. The third kappa shape index (κ3) is 1.43. The van der Waals surface area contributed by atoms with Gasteiger partial charge in [-0.3, -0.25) is 4.79 Å². The molecule has 4 heteroatoms. The van der Waals surface area contributed by atoms with Crippen molar-refractivity contribution in [3.8, 4) is 0 Å². The Balaban J connectivity index is 2.31. The molecule has 1 aromatic rings. The van der Waals surface area contributed by atoms with E-state index in [1.54, 1.807) is 17.9 Å². The Morgan fingerprint density at radius 1 is 1.64 bits per heavy atom. The van der Waals surface area contributed by atoms with Gasteiger partial charge in [-0.25, -0.2) is 0 Å². The van der Waals surface area contributed by atoms with Gasteiger partial charge in [0.2, 0.25) is 5.91 Å². The van der Waals surface area contributed by atoms with Crippen LogP contribution in [0.4, 0.5) is 0 Å². The SMILES string of the molecule is CC(=O)N1CCc2c(ccc[n+]2[O-])C1. The Morgan fingerprint density at radius 2 is 2.43 bits per heavy atom. The number of pyridine rings is 1. The third-order valence-electron chi connectivity index (χ3n) is 2.58. The fraction of sp³-hybridized carbons (Fsp3) is 0.400. The molecule has 0 atom stereocenters. The lowest BCUT2D eigenvalue weighted by Gasteiger charge is -2.26. The molecule has 2 heterocycles. The second-order valence-electron chi connectivity index (χ2n) is 3.50. The van der Waals surface area contributed by atoms with Gasteiger partial charge in [-0.05, 0) is 6.07 Å². The Morgan fingerprint density at radius 3 is 3.14 bits per heavy atom. The number of carbonyl (C=O) groups is 1. The Hall–Kier alpha value is -1.58. The molecule has 1 aromatic heterocycles. The van der Waals surface area contributed by atoms with E-state index in [1.165, 1.54) is 6.20 Å². The van der Waals surface area contributed by atoms with E-state index in [0.717, 1.165) is 16.0 Å². The third-order valence-corrected chi connectivity index (χ3v) is 2.58. The maximum Gasteiger partial charge on any atom is 0.219 e. The molecule has 0 bridgehead atoms. The number of hydrogen-bond donors (Lipinski definition) is 0. The zero-order chi connectivity index (χ0) is 10.1. The van der Waals surface area contributed by atoms with E-state index >= 15 is 0 Å². The van der Waals surface area contributed by atoms with Crippen molar-refractivity contribution in [2.75, 3.05) is 6.54 Å². The molecule has 74 valence electrons. The molecule has 0 fully saturated rings. The van der Waals surface area contributed by atoms with Crippen molar-refractivity contribution in [3.05, 3.63) is 34.8 Å². The highest BCUT2D eigenvalue weighted by atomic mass is 16.5. The fourth-order valence-corrected chi connectivity index (χ4v) is 1.77. The second kappa shape index (κ2) is 3.29. The van der Waals surface area contributed by atoms with Gasteiger partial charge in [0.25, 0.3) is 0 Å². The molecule has 0 saturated heterocycles. The van der Waals surface area contributed by atoms with Gasteiger partial charge in [0.05, 0.1) is 13.0 Å². The molecule has 0 aromatic carbocycles. The average Bonchev–Trinajstić information content (AvgIpc) is 2.17. The molecule has 0 spiro atoms. The lowest BCUT2D eigenvalue weighted by molar-refractivity contribution is -0.615. The van der Waals surface area contributed by atoms with Crippen LogP contribution in [0.1, 0.15) is 18.2 Å². The molecule has 0 radical (unpaired) electrons. The lowest BCUT2D eigenvalue weighted by atomic mass is 10.1. The monoisotopic (exact) mass is 192 g/mol. The number of amides is 1. The molecule has 0 aliphatic carbocycles. The first-order valence-electron chi connectivity index (χ1n) is 4.64. The molecule has 1 aliphatic rings. The van der Waals surface area contributed by atoms with Crippen molar-refractivity contribution in [1.82, 2.24) is 4.90 Å². The van der Waals surface area contributed by atoms with E-state index < -0.39 is 0 Å². The quantitative estimate of drug-likeness (QED) is 0.436. The molecule has 1 aliphatic heterocycles. The summed E-state index contributed by atoms with van der Waals surface area (Å²) in [5.74, 6) is 0.0666. The van der Waals surface area contributed by atoms with Crippen LogP contribution in [0.15, 0.2) is 18.3 Å². The number of hydrogen-bond acceptors (Lipinski definition) is 2. The zero-order valence-corrected chi connectivity index (χ0v) is 8.06. The van der Waals surface area contributed by atoms with Crippen LogP contribution in [0.25, 0.3) is 0 Å². The van der Waals surface area contributed by atoms with Gasteiger partial charge in [-0.1, -0.05) is 0 Å². The molecule has 14 heavy (non-hydrogen) atoms. The minimum absolute atomic E-state index is 0.0666. The van der Waals surface area contributed by atoms with Gasteiger partial charge >= 0.3 is 0 Å². The topological polar surface area (TPSA) is 47.2 Å². The predicted molar refractivity (Wildman–Crippen MR) is 50.2 cm³/mol. The molecule has 1 amide bonds. The van der Waals surface area contributed by atoms with E-state index in [-0.39, 0.29) is 5.91 Å². The van der Waals surface area contributed by atoms with Crippen molar-refractivity contribution < 1.29 is 9.52 Å². The van der Waals surface area contributed by atoms with Gasteiger partial charge in [0.15, 0.2) is 11.9 Å². The van der Waals surface area contributed by atoms with Gasteiger partial charge in [0, 0.05) is 25.1 Å². The van der Waals surface area contributed by atoms with Gasteiger partial charge in [0.1, 0.15) is 0 Å². The zero-order valence-electron chi connectivity index (χ0n) is 8.06. The number of aromatic nitrogens is 1. The van der Waals surface area contributed by atoms with Crippen LogP contribution in [0.3, 0.4) is 0 Å². The molecule has 0 saturated carbocycles. The van der Waals surface area contributed by atoms with E-state index in [1.807, 2.05) is 6.07 Å². The first-order chi connectivity index (χ1) is 6.68. The summed E-state index contributed by atoms with van der Waals surface area (Å²) >= 11 is 0. The number of rotatable bonds is 0. The van der Waals surface area contributed by atoms with Crippen molar-refractivity contribution in [1.29, 1.82) is 0 Å². The lowest BCUT2D eigenvalue weighted by Crippen LogP contribution is -2.42. The normalized spacial score (nSPS) is 15.1. The van der Waals surface area contributed by atoms with E-state index in [0.29, 0.717) is 19.5 Å². The first-order valence-corrected chi connectivity index (χ1v) is 4.64. The maximum absolute atomic E-state index is 11.4. The number of fused-ring (bicyclic) bond motifs is 1. The van der Waals surface area contributed by atoms with E-state index in [9.17, 15) is 10.0 Å². The summed E-state index contributed by atoms with van der Waals surface area (Å²) in [6.45, 7) is 2.77. The predicted octanol–water partition coefficient (Wildman–Crippen LogP) is 0.225. The summed E-state index contributed by atoms with van der Waals surface area (Å²) in [5.41, 5.74) is 1.76. The first kappa shape index (κ1) is 8.99. The van der Waals surface area contributed by atoms with E-state index in [2.05, 4.69) is 0 Å². The van der Waals surface area contributed by atoms with Gasteiger partial charge in [-0.2, -0.15) is 4.73 Å². The largest absolute Gasteiger partial charge is 0.618 e. The minimum Gasteiger partial charge on any atom is -0.618 e. The smallest absolute Gasteiger partial charge is 0.219 e. The van der Waals surface area contributed by atoms with Crippen LogP contribution < -0.4 is 4.73 Å². The molecule has 0 unspecified atom stereocenters. The highest BCUT2D eigenvalue weighted by molar-refractivity contribution is 5.73. The molecular weight excluding hydrogens is 180 g/mol. The Labute approximate surface area is 82.3 Å². The van der Waals surface area contributed by atoms with Crippen LogP contribution in [0.2, 0.25) is 0 Å². The molecule has 2 rings (SSSR count). The van der Waals surface area contributed by atoms with Gasteiger partial charge in [-0.15, -0.1) is 0 Å². The standard InChI is InChI=1S/C10H12N2O2/c1-8(13)11-6-4-10-9(7-11)3-2-5-12(10)14/h2-3,5H,4,6-7H2,1H3.